The molecule has 8 heteroatoms. The van der Waals surface area contributed by atoms with Gasteiger partial charge in [0.25, 0.3) is 0 Å². The molecule has 1 unspecified atom stereocenters. The highest BCUT2D eigenvalue weighted by Gasteiger charge is 2.27. The first kappa shape index (κ1) is 17.1. The molecule has 0 aliphatic carbocycles. The summed E-state index contributed by atoms with van der Waals surface area (Å²) in [6.45, 7) is 1.22. The third-order valence-electron chi connectivity index (χ3n) is 4.61. The van der Waals surface area contributed by atoms with E-state index in [-0.39, 0.29) is 17.8 Å². The molecule has 0 radical (unpaired) electrons. The average molecular weight is 366 g/mol. The number of piperidine rings is 1. The third kappa shape index (κ3) is 3.94. The molecule has 0 bridgehead atoms. The summed E-state index contributed by atoms with van der Waals surface area (Å²) < 4.78 is 13.0. The number of pyridine rings is 1. The van der Waals surface area contributed by atoms with Crippen molar-refractivity contribution < 1.29 is 9.18 Å². The predicted octanol–water partition coefficient (Wildman–Crippen LogP) is 3.42. The van der Waals surface area contributed by atoms with Gasteiger partial charge in [-0.25, -0.2) is 14.2 Å². The number of likely N-dealkylation sites (tertiary alicyclic amines) is 1. The summed E-state index contributed by atoms with van der Waals surface area (Å²) in [5.74, 6) is 1.13. The summed E-state index contributed by atoms with van der Waals surface area (Å²) in [7, 11) is 0. The van der Waals surface area contributed by atoms with E-state index in [4.69, 9.17) is 0 Å². The fourth-order valence-electron chi connectivity index (χ4n) is 3.20. The Morgan fingerprint density at radius 1 is 1.26 bits per heavy atom. The lowest BCUT2D eigenvalue weighted by Crippen LogP contribution is -2.41. The van der Waals surface area contributed by atoms with Crippen molar-refractivity contribution in [3.8, 4) is 11.4 Å². The number of hydrogen-bond acceptors (Lipinski definition) is 4. The number of nitrogens with one attached hydrogen (secondary N) is 2. The van der Waals surface area contributed by atoms with Gasteiger partial charge in [0.2, 0.25) is 0 Å². The Morgan fingerprint density at radius 2 is 2.11 bits per heavy atom. The third-order valence-corrected chi connectivity index (χ3v) is 4.61. The van der Waals surface area contributed by atoms with Crippen molar-refractivity contribution in [2.24, 2.45) is 0 Å². The van der Waals surface area contributed by atoms with Crippen LogP contribution in [0.5, 0.6) is 0 Å². The molecule has 2 aromatic heterocycles. The number of amides is 2. The van der Waals surface area contributed by atoms with Gasteiger partial charge in [-0.2, -0.15) is 5.10 Å². The number of benzene rings is 1. The fourth-order valence-corrected chi connectivity index (χ4v) is 3.20. The van der Waals surface area contributed by atoms with Gasteiger partial charge in [-0.05, 0) is 49.2 Å². The van der Waals surface area contributed by atoms with Crippen LogP contribution in [0, 0.1) is 5.82 Å². The molecule has 27 heavy (non-hydrogen) atoms. The standard InChI is InChI=1S/C19H19FN6O/c20-15-5-7-16(8-6-15)22-19(27)26-10-2-4-14(12-26)18-23-17(24-25-18)13-3-1-9-21-11-13/h1,3,5-9,11,14H,2,4,10,12H2,(H,22,27)(H,23,24,25). The van der Waals surface area contributed by atoms with Crippen LogP contribution in [0.25, 0.3) is 11.4 Å². The van der Waals surface area contributed by atoms with E-state index in [1.165, 1.54) is 12.1 Å². The number of anilines is 1. The number of urea groups is 1. The number of carbonyl (C=O) groups is 1. The van der Waals surface area contributed by atoms with E-state index in [1.54, 1.807) is 29.4 Å². The maximum absolute atomic E-state index is 13.0. The van der Waals surface area contributed by atoms with Crippen molar-refractivity contribution in [1.82, 2.24) is 25.1 Å². The molecule has 1 fully saturated rings. The highest BCUT2D eigenvalue weighted by Crippen LogP contribution is 2.26. The molecule has 138 valence electrons. The van der Waals surface area contributed by atoms with Crippen molar-refractivity contribution >= 4 is 11.7 Å². The number of nitrogens with zero attached hydrogens (tertiary/aromatic N) is 4. The van der Waals surface area contributed by atoms with Crippen LogP contribution in [0.4, 0.5) is 14.9 Å². The van der Waals surface area contributed by atoms with Crippen LogP contribution in [-0.4, -0.2) is 44.2 Å². The van der Waals surface area contributed by atoms with E-state index in [1.807, 2.05) is 12.1 Å². The summed E-state index contributed by atoms with van der Waals surface area (Å²) in [5.41, 5.74) is 1.42. The normalized spacial score (nSPS) is 16.9. The molecule has 1 aliphatic heterocycles. The SMILES string of the molecule is O=C(Nc1ccc(F)cc1)N1CCCC(c2nc(-c3cccnc3)n[nH]2)C1. The average Bonchev–Trinajstić information content (AvgIpc) is 3.21. The number of aromatic amines is 1. The van der Waals surface area contributed by atoms with Crippen molar-refractivity contribution in [3.05, 3.63) is 60.4 Å². The van der Waals surface area contributed by atoms with E-state index >= 15 is 0 Å². The predicted molar refractivity (Wildman–Crippen MR) is 98.6 cm³/mol. The lowest BCUT2D eigenvalue weighted by atomic mass is 9.97. The highest BCUT2D eigenvalue weighted by molar-refractivity contribution is 5.89. The van der Waals surface area contributed by atoms with Gasteiger partial charge in [0.1, 0.15) is 11.6 Å². The molecule has 3 aromatic rings. The summed E-state index contributed by atoms with van der Waals surface area (Å²) >= 11 is 0. The molecule has 2 amide bonds. The van der Waals surface area contributed by atoms with E-state index in [0.717, 1.165) is 24.2 Å². The first-order valence-electron chi connectivity index (χ1n) is 8.83. The van der Waals surface area contributed by atoms with Gasteiger partial charge in [0.15, 0.2) is 5.82 Å². The second-order valence-electron chi connectivity index (χ2n) is 6.51. The van der Waals surface area contributed by atoms with Crippen LogP contribution in [0.1, 0.15) is 24.6 Å². The monoisotopic (exact) mass is 366 g/mol. The second kappa shape index (κ2) is 7.53. The molecule has 1 atom stereocenters. The molecule has 1 aromatic carbocycles. The van der Waals surface area contributed by atoms with Crippen LogP contribution in [0.3, 0.4) is 0 Å². The molecule has 7 nitrogen and oxygen atoms in total. The van der Waals surface area contributed by atoms with Gasteiger partial charge < -0.3 is 10.2 Å². The number of halogens is 1. The maximum Gasteiger partial charge on any atom is 0.321 e. The summed E-state index contributed by atoms with van der Waals surface area (Å²) in [5, 5.41) is 10.1. The minimum Gasteiger partial charge on any atom is -0.324 e. The Kier molecular flexibility index (Phi) is 4.78. The molecule has 1 saturated heterocycles. The van der Waals surface area contributed by atoms with Gasteiger partial charge in [0.05, 0.1) is 0 Å². The summed E-state index contributed by atoms with van der Waals surface area (Å²) in [6, 6.07) is 9.29. The summed E-state index contributed by atoms with van der Waals surface area (Å²) in [6.07, 6.45) is 5.23. The van der Waals surface area contributed by atoms with E-state index in [0.29, 0.717) is 24.6 Å². The maximum atomic E-state index is 13.0. The van der Waals surface area contributed by atoms with E-state index < -0.39 is 0 Å². The Morgan fingerprint density at radius 3 is 2.89 bits per heavy atom. The molecule has 3 heterocycles. The van der Waals surface area contributed by atoms with Crippen molar-refractivity contribution in [1.29, 1.82) is 0 Å². The highest BCUT2D eigenvalue weighted by atomic mass is 19.1. The minimum absolute atomic E-state index is 0.0932. The molecule has 2 N–H and O–H groups in total. The lowest BCUT2D eigenvalue weighted by Gasteiger charge is -2.31. The Balaban J connectivity index is 1.43. The number of aromatic nitrogens is 4. The van der Waals surface area contributed by atoms with Crippen molar-refractivity contribution in [2.75, 3.05) is 18.4 Å². The topological polar surface area (TPSA) is 86.8 Å². The van der Waals surface area contributed by atoms with E-state index in [2.05, 4.69) is 25.5 Å². The Hall–Kier alpha value is -3.29. The zero-order valence-electron chi connectivity index (χ0n) is 14.6. The molecule has 0 spiro atoms. The summed E-state index contributed by atoms with van der Waals surface area (Å²) in [4.78, 5) is 22.9. The van der Waals surface area contributed by atoms with Crippen LogP contribution in [0.2, 0.25) is 0 Å². The van der Waals surface area contributed by atoms with Gasteiger partial charge in [-0.3, -0.25) is 10.1 Å². The second-order valence-corrected chi connectivity index (χ2v) is 6.51. The zero-order chi connectivity index (χ0) is 18.6. The molecular formula is C19H19FN6O. The van der Waals surface area contributed by atoms with Crippen LogP contribution in [0.15, 0.2) is 48.8 Å². The lowest BCUT2D eigenvalue weighted by molar-refractivity contribution is 0.191. The number of hydrogen-bond donors (Lipinski definition) is 2. The van der Waals surface area contributed by atoms with Crippen LogP contribution in [-0.2, 0) is 0 Å². The smallest absolute Gasteiger partial charge is 0.321 e. The first-order valence-corrected chi connectivity index (χ1v) is 8.83. The van der Waals surface area contributed by atoms with Gasteiger partial charge in [-0.1, -0.05) is 0 Å². The molecular weight excluding hydrogens is 347 g/mol. The van der Waals surface area contributed by atoms with Crippen molar-refractivity contribution in [2.45, 2.75) is 18.8 Å². The molecule has 0 saturated carbocycles. The first-order chi connectivity index (χ1) is 13.2. The quantitative estimate of drug-likeness (QED) is 0.744. The Bertz CT molecular complexity index is 911. The fraction of sp³-hybridized carbons (Fsp3) is 0.263. The van der Waals surface area contributed by atoms with Gasteiger partial charge in [-0.15, -0.1) is 0 Å². The van der Waals surface area contributed by atoms with Crippen LogP contribution < -0.4 is 5.32 Å². The van der Waals surface area contributed by atoms with Crippen molar-refractivity contribution in [3.63, 3.8) is 0 Å². The van der Waals surface area contributed by atoms with Crippen LogP contribution >= 0.6 is 0 Å². The molecule has 1 aliphatic rings. The van der Waals surface area contributed by atoms with Gasteiger partial charge >= 0.3 is 6.03 Å². The largest absolute Gasteiger partial charge is 0.324 e. The van der Waals surface area contributed by atoms with E-state index in [9.17, 15) is 9.18 Å². The van der Waals surface area contributed by atoms with Gasteiger partial charge in [0, 0.05) is 42.7 Å². The Labute approximate surface area is 155 Å². The number of rotatable bonds is 3. The number of H-pyrrole nitrogens is 1. The minimum atomic E-state index is -0.333. The number of carbonyl (C=O) groups excluding carboxylic acids is 1. The molecule has 4 rings (SSSR count). The zero-order valence-corrected chi connectivity index (χ0v) is 14.6.